The van der Waals surface area contributed by atoms with Gasteiger partial charge in [0.05, 0.1) is 0 Å². The minimum absolute atomic E-state index is 0.384. The molecular weight excluding hydrogens is 181 g/mol. The fourth-order valence-electron chi connectivity index (χ4n) is 0.494. The Morgan fingerprint density at radius 1 is 1.67 bits per heavy atom. The highest BCUT2D eigenvalue weighted by molar-refractivity contribution is 6.25. The summed E-state index contributed by atoms with van der Waals surface area (Å²) in [6, 6.07) is 0. The van der Waals surface area contributed by atoms with Crippen LogP contribution < -0.4 is 0 Å². The Kier molecular flexibility index (Phi) is 4.10. The predicted molar refractivity (Wildman–Crippen MR) is 48.7 cm³/mol. The number of rotatable bonds is 3. The quantitative estimate of drug-likeness (QED) is 0.290. The first-order chi connectivity index (χ1) is 5.44. The fourth-order valence-corrected chi connectivity index (χ4v) is 0.548. The SMILES string of the molecule is C/C=C(F)\C=C(\C)C(C)(Cl)N=O. The standard InChI is InChI=1S/C8H11ClFNO/c1-4-7(10)5-6(2)8(3,9)11-12/h4-5H,1-3H3/b6-5-,7-4+. The molecule has 0 bridgehead atoms. The molecule has 0 rings (SSSR count). The summed E-state index contributed by atoms with van der Waals surface area (Å²) in [5.74, 6) is -0.428. The van der Waals surface area contributed by atoms with Crippen LogP contribution >= 0.6 is 11.6 Å². The fraction of sp³-hybridized carbons (Fsp3) is 0.500. The molecule has 1 atom stereocenters. The molecule has 0 saturated heterocycles. The monoisotopic (exact) mass is 191 g/mol. The number of halogens is 2. The van der Waals surface area contributed by atoms with E-state index in [2.05, 4.69) is 5.18 Å². The molecule has 0 aromatic carbocycles. The van der Waals surface area contributed by atoms with Crippen LogP contribution in [0.25, 0.3) is 0 Å². The molecule has 0 aliphatic carbocycles. The van der Waals surface area contributed by atoms with Gasteiger partial charge in [-0.2, -0.15) is 0 Å². The van der Waals surface area contributed by atoms with Crippen molar-refractivity contribution in [2.45, 2.75) is 25.8 Å². The summed E-state index contributed by atoms with van der Waals surface area (Å²) in [6.45, 7) is 4.52. The number of allylic oxidation sites excluding steroid dienone is 3. The van der Waals surface area contributed by atoms with Crippen molar-refractivity contribution in [3.63, 3.8) is 0 Å². The molecule has 1 unspecified atom stereocenters. The van der Waals surface area contributed by atoms with E-state index in [1.807, 2.05) is 0 Å². The van der Waals surface area contributed by atoms with E-state index in [1.165, 1.54) is 19.1 Å². The maximum atomic E-state index is 12.6. The van der Waals surface area contributed by atoms with Crippen LogP contribution in [0.1, 0.15) is 20.8 Å². The van der Waals surface area contributed by atoms with Gasteiger partial charge in [-0.3, -0.25) is 0 Å². The number of nitroso groups, excluding NO2 is 1. The van der Waals surface area contributed by atoms with E-state index < -0.39 is 10.8 Å². The number of hydrogen-bond donors (Lipinski definition) is 0. The molecular formula is C8H11ClFNO. The lowest BCUT2D eigenvalue weighted by atomic mass is 10.1. The highest BCUT2D eigenvalue weighted by Crippen LogP contribution is 2.26. The summed E-state index contributed by atoms with van der Waals surface area (Å²) in [6.07, 6.45) is 2.47. The van der Waals surface area contributed by atoms with Crippen LogP contribution in [0.4, 0.5) is 4.39 Å². The first-order valence-electron chi connectivity index (χ1n) is 3.48. The highest BCUT2D eigenvalue weighted by atomic mass is 35.5. The third-order valence-electron chi connectivity index (χ3n) is 1.52. The second-order valence-electron chi connectivity index (χ2n) is 2.55. The van der Waals surface area contributed by atoms with Gasteiger partial charge in [-0.1, -0.05) is 17.7 Å². The third kappa shape index (κ3) is 3.13. The van der Waals surface area contributed by atoms with Gasteiger partial charge in [-0.05, 0) is 37.6 Å². The Morgan fingerprint density at radius 3 is 2.50 bits per heavy atom. The zero-order valence-electron chi connectivity index (χ0n) is 7.27. The van der Waals surface area contributed by atoms with E-state index >= 15 is 0 Å². The highest BCUT2D eigenvalue weighted by Gasteiger charge is 2.23. The summed E-state index contributed by atoms with van der Waals surface area (Å²) >= 11 is 5.63. The second kappa shape index (κ2) is 4.36. The van der Waals surface area contributed by atoms with Crippen molar-refractivity contribution in [3.8, 4) is 0 Å². The maximum absolute atomic E-state index is 12.6. The molecule has 4 heteroatoms. The molecule has 0 fully saturated rings. The predicted octanol–water partition coefficient (Wildman–Crippen LogP) is 3.53. The summed E-state index contributed by atoms with van der Waals surface area (Å²) in [5.41, 5.74) is 0.384. The first kappa shape index (κ1) is 11.3. The van der Waals surface area contributed by atoms with Gasteiger partial charge < -0.3 is 0 Å². The van der Waals surface area contributed by atoms with Crippen molar-refractivity contribution >= 4 is 11.6 Å². The maximum Gasteiger partial charge on any atom is 0.193 e. The van der Waals surface area contributed by atoms with Gasteiger partial charge in [-0.25, -0.2) is 4.39 Å². The molecule has 0 aliphatic rings. The van der Waals surface area contributed by atoms with E-state index in [1.54, 1.807) is 13.8 Å². The van der Waals surface area contributed by atoms with Gasteiger partial charge in [0.2, 0.25) is 0 Å². The van der Waals surface area contributed by atoms with Crippen molar-refractivity contribution < 1.29 is 4.39 Å². The van der Waals surface area contributed by atoms with E-state index in [0.29, 0.717) is 5.57 Å². The summed E-state index contributed by atoms with van der Waals surface area (Å²) < 4.78 is 12.6. The van der Waals surface area contributed by atoms with Crippen LogP contribution in [0, 0.1) is 4.91 Å². The van der Waals surface area contributed by atoms with Gasteiger partial charge >= 0.3 is 0 Å². The average Bonchev–Trinajstić information content (AvgIpc) is 2.04. The molecule has 0 N–H and O–H groups in total. The molecule has 2 nitrogen and oxygen atoms in total. The van der Waals surface area contributed by atoms with Crippen molar-refractivity contribution in [1.29, 1.82) is 0 Å². The molecule has 0 heterocycles. The summed E-state index contributed by atoms with van der Waals surface area (Å²) in [4.78, 5) is 8.83. The van der Waals surface area contributed by atoms with Crippen LogP contribution in [0.15, 0.2) is 28.7 Å². The smallest absolute Gasteiger partial charge is 0.193 e. The van der Waals surface area contributed by atoms with E-state index in [-0.39, 0.29) is 0 Å². The van der Waals surface area contributed by atoms with Crippen LogP contribution in [-0.4, -0.2) is 5.00 Å². The molecule has 0 aromatic heterocycles. The largest absolute Gasteiger partial charge is 0.207 e. The average molecular weight is 192 g/mol. The topological polar surface area (TPSA) is 29.4 Å². The van der Waals surface area contributed by atoms with Crippen molar-refractivity contribution in [3.05, 3.63) is 28.5 Å². The molecule has 0 spiro atoms. The van der Waals surface area contributed by atoms with Gasteiger partial charge in [0.1, 0.15) is 5.83 Å². The van der Waals surface area contributed by atoms with Crippen LogP contribution in [0.2, 0.25) is 0 Å². The van der Waals surface area contributed by atoms with Gasteiger partial charge in [0.15, 0.2) is 5.00 Å². The van der Waals surface area contributed by atoms with Gasteiger partial charge in [0, 0.05) is 0 Å². The second-order valence-corrected chi connectivity index (χ2v) is 3.28. The van der Waals surface area contributed by atoms with E-state index in [9.17, 15) is 9.30 Å². The lowest BCUT2D eigenvalue weighted by molar-refractivity contribution is 0.656. The van der Waals surface area contributed by atoms with Crippen LogP contribution in [0.5, 0.6) is 0 Å². The number of alkyl halides is 1. The third-order valence-corrected chi connectivity index (χ3v) is 1.89. The Hall–Kier alpha value is -0.700. The van der Waals surface area contributed by atoms with E-state index in [0.717, 1.165) is 0 Å². The molecule has 0 aromatic rings. The molecule has 0 radical (unpaired) electrons. The van der Waals surface area contributed by atoms with Crippen LogP contribution in [-0.2, 0) is 0 Å². The minimum Gasteiger partial charge on any atom is -0.207 e. The van der Waals surface area contributed by atoms with Crippen molar-refractivity contribution in [2.75, 3.05) is 0 Å². The Balaban J connectivity index is 4.69. The number of nitrogens with zero attached hydrogens (tertiary/aromatic N) is 1. The molecule has 0 aliphatic heterocycles. The number of hydrogen-bond acceptors (Lipinski definition) is 2. The van der Waals surface area contributed by atoms with Gasteiger partial charge in [-0.15, -0.1) is 4.91 Å². The summed E-state index contributed by atoms with van der Waals surface area (Å²) in [5, 5.41) is 2.66. The normalized spacial score (nSPS) is 18.8. The Morgan fingerprint density at radius 2 is 2.17 bits per heavy atom. The lowest BCUT2D eigenvalue weighted by Gasteiger charge is -2.12. The molecule has 0 saturated carbocycles. The first-order valence-corrected chi connectivity index (χ1v) is 3.86. The van der Waals surface area contributed by atoms with E-state index in [4.69, 9.17) is 11.6 Å². The Bertz CT molecular complexity index is 233. The molecule has 68 valence electrons. The zero-order chi connectivity index (χ0) is 9.78. The molecule has 0 amide bonds. The zero-order valence-corrected chi connectivity index (χ0v) is 8.02. The van der Waals surface area contributed by atoms with Gasteiger partial charge in [0.25, 0.3) is 0 Å². The van der Waals surface area contributed by atoms with Crippen molar-refractivity contribution in [1.82, 2.24) is 0 Å². The molecule has 12 heavy (non-hydrogen) atoms. The lowest BCUT2D eigenvalue weighted by Crippen LogP contribution is -2.13. The minimum atomic E-state index is -1.35. The van der Waals surface area contributed by atoms with Crippen molar-refractivity contribution in [2.24, 2.45) is 5.18 Å². The van der Waals surface area contributed by atoms with Crippen LogP contribution in [0.3, 0.4) is 0 Å². The summed E-state index contributed by atoms with van der Waals surface area (Å²) in [7, 11) is 0. The Labute approximate surface area is 76.1 Å².